The number of hydrogen-bond acceptors (Lipinski definition) is 6. The Hall–Kier alpha value is -1.24. The van der Waals surface area contributed by atoms with Gasteiger partial charge in [0.1, 0.15) is 6.33 Å². The van der Waals surface area contributed by atoms with Crippen LogP contribution in [0, 0.1) is 5.92 Å². The first kappa shape index (κ1) is 13.2. The summed E-state index contributed by atoms with van der Waals surface area (Å²) >= 11 is 0. The second-order valence-electron chi connectivity index (χ2n) is 4.50. The highest BCUT2D eigenvalue weighted by atomic mass is 16.5. The standard InChI is InChI=1S/C12H20N4O2/c1-17-12-7-10(14-8-15-12)11(16-13)6-9-2-4-18-5-3-9/h7-9,11,16H,2-6,13H2,1H3. The van der Waals surface area contributed by atoms with Crippen LogP contribution in [0.3, 0.4) is 0 Å². The van der Waals surface area contributed by atoms with Gasteiger partial charge in [0, 0.05) is 19.3 Å². The summed E-state index contributed by atoms with van der Waals surface area (Å²) in [6.07, 6.45) is 4.63. The molecular weight excluding hydrogens is 232 g/mol. The van der Waals surface area contributed by atoms with Gasteiger partial charge in [0.2, 0.25) is 5.88 Å². The van der Waals surface area contributed by atoms with Crippen LogP contribution in [-0.4, -0.2) is 30.3 Å². The molecule has 6 nitrogen and oxygen atoms in total. The van der Waals surface area contributed by atoms with E-state index in [0.29, 0.717) is 11.8 Å². The molecule has 3 N–H and O–H groups in total. The van der Waals surface area contributed by atoms with Crippen molar-refractivity contribution in [3.63, 3.8) is 0 Å². The summed E-state index contributed by atoms with van der Waals surface area (Å²) in [6, 6.07) is 1.86. The average molecular weight is 252 g/mol. The monoisotopic (exact) mass is 252 g/mol. The van der Waals surface area contributed by atoms with Gasteiger partial charge in [-0.25, -0.2) is 9.97 Å². The highest BCUT2D eigenvalue weighted by Gasteiger charge is 2.21. The van der Waals surface area contributed by atoms with Crippen LogP contribution in [0.2, 0.25) is 0 Å². The maximum Gasteiger partial charge on any atom is 0.216 e. The molecule has 0 aromatic carbocycles. The van der Waals surface area contributed by atoms with Crippen LogP contribution in [0.5, 0.6) is 5.88 Å². The third kappa shape index (κ3) is 3.38. The lowest BCUT2D eigenvalue weighted by Crippen LogP contribution is -2.31. The zero-order valence-corrected chi connectivity index (χ0v) is 10.6. The summed E-state index contributed by atoms with van der Waals surface area (Å²) in [4.78, 5) is 8.26. The maximum atomic E-state index is 5.63. The van der Waals surface area contributed by atoms with Gasteiger partial charge in [-0.15, -0.1) is 0 Å². The van der Waals surface area contributed by atoms with Crippen molar-refractivity contribution in [2.45, 2.75) is 25.3 Å². The molecule has 1 atom stereocenters. The van der Waals surface area contributed by atoms with E-state index in [1.165, 1.54) is 6.33 Å². The second-order valence-corrected chi connectivity index (χ2v) is 4.50. The molecule has 1 aliphatic rings. The molecule has 18 heavy (non-hydrogen) atoms. The quantitative estimate of drug-likeness (QED) is 0.596. The van der Waals surface area contributed by atoms with Crippen molar-refractivity contribution in [3.8, 4) is 5.88 Å². The highest BCUT2D eigenvalue weighted by Crippen LogP contribution is 2.26. The lowest BCUT2D eigenvalue weighted by molar-refractivity contribution is 0.0603. The summed E-state index contributed by atoms with van der Waals surface area (Å²) in [5, 5.41) is 0. The lowest BCUT2D eigenvalue weighted by atomic mass is 9.91. The van der Waals surface area contributed by atoms with Crippen molar-refractivity contribution in [2.24, 2.45) is 11.8 Å². The number of hydrogen-bond donors (Lipinski definition) is 2. The number of hydrazine groups is 1. The molecule has 1 fully saturated rings. The van der Waals surface area contributed by atoms with Gasteiger partial charge in [0.05, 0.1) is 18.8 Å². The van der Waals surface area contributed by atoms with Crippen LogP contribution in [0.1, 0.15) is 31.0 Å². The molecular formula is C12H20N4O2. The summed E-state index contributed by atoms with van der Waals surface area (Å²) < 4.78 is 10.5. The highest BCUT2D eigenvalue weighted by molar-refractivity contribution is 5.16. The molecule has 0 amide bonds. The zero-order valence-electron chi connectivity index (χ0n) is 10.6. The van der Waals surface area contributed by atoms with E-state index in [2.05, 4.69) is 15.4 Å². The minimum Gasteiger partial charge on any atom is -0.481 e. The van der Waals surface area contributed by atoms with E-state index in [1.807, 2.05) is 6.07 Å². The minimum absolute atomic E-state index is 0.0324. The Morgan fingerprint density at radius 2 is 2.28 bits per heavy atom. The van der Waals surface area contributed by atoms with Gasteiger partial charge in [0.15, 0.2) is 0 Å². The molecule has 0 radical (unpaired) electrons. The molecule has 1 aliphatic heterocycles. The Morgan fingerprint density at radius 3 is 2.94 bits per heavy atom. The van der Waals surface area contributed by atoms with E-state index in [-0.39, 0.29) is 6.04 Å². The van der Waals surface area contributed by atoms with Crippen LogP contribution in [0.25, 0.3) is 0 Å². The number of methoxy groups -OCH3 is 1. The first-order valence-corrected chi connectivity index (χ1v) is 6.23. The Morgan fingerprint density at radius 1 is 1.50 bits per heavy atom. The molecule has 1 aromatic rings. The van der Waals surface area contributed by atoms with E-state index in [9.17, 15) is 0 Å². The number of aromatic nitrogens is 2. The van der Waals surface area contributed by atoms with Gasteiger partial charge in [-0.2, -0.15) is 0 Å². The topological polar surface area (TPSA) is 82.3 Å². The predicted molar refractivity (Wildman–Crippen MR) is 66.8 cm³/mol. The number of nitrogens with two attached hydrogens (primary N) is 1. The lowest BCUT2D eigenvalue weighted by Gasteiger charge is -2.26. The van der Waals surface area contributed by atoms with E-state index < -0.39 is 0 Å². The van der Waals surface area contributed by atoms with E-state index >= 15 is 0 Å². The molecule has 1 saturated heterocycles. The smallest absolute Gasteiger partial charge is 0.216 e. The van der Waals surface area contributed by atoms with Crippen LogP contribution >= 0.6 is 0 Å². The predicted octanol–water partition coefficient (Wildman–Crippen LogP) is 0.806. The van der Waals surface area contributed by atoms with Crippen LogP contribution in [0.4, 0.5) is 0 Å². The molecule has 0 aliphatic carbocycles. The van der Waals surface area contributed by atoms with Gasteiger partial charge in [-0.1, -0.05) is 0 Å². The zero-order chi connectivity index (χ0) is 12.8. The molecule has 0 spiro atoms. The third-order valence-corrected chi connectivity index (χ3v) is 3.34. The van der Waals surface area contributed by atoms with Crippen molar-refractivity contribution in [1.82, 2.24) is 15.4 Å². The Labute approximate surface area is 107 Å². The third-order valence-electron chi connectivity index (χ3n) is 3.34. The van der Waals surface area contributed by atoms with Crippen molar-refractivity contribution in [1.29, 1.82) is 0 Å². The molecule has 1 aromatic heterocycles. The molecule has 2 rings (SSSR count). The van der Waals surface area contributed by atoms with E-state index in [0.717, 1.165) is 38.2 Å². The Bertz CT molecular complexity index is 369. The van der Waals surface area contributed by atoms with Crippen molar-refractivity contribution < 1.29 is 9.47 Å². The number of ether oxygens (including phenoxy) is 2. The van der Waals surface area contributed by atoms with Crippen molar-refractivity contribution >= 4 is 0 Å². The summed E-state index contributed by atoms with van der Waals surface area (Å²) in [5.74, 6) is 6.82. The average Bonchev–Trinajstić information content (AvgIpc) is 2.46. The number of nitrogens with zero attached hydrogens (tertiary/aromatic N) is 2. The van der Waals surface area contributed by atoms with Crippen LogP contribution in [-0.2, 0) is 4.74 Å². The van der Waals surface area contributed by atoms with E-state index in [4.69, 9.17) is 15.3 Å². The number of rotatable bonds is 5. The first-order chi connectivity index (χ1) is 8.83. The molecule has 100 valence electrons. The molecule has 0 saturated carbocycles. The van der Waals surface area contributed by atoms with E-state index in [1.54, 1.807) is 7.11 Å². The van der Waals surface area contributed by atoms with Crippen LogP contribution in [0.15, 0.2) is 12.4 Å². The van der Waals surface area contributed by atoms with Crippen molar-refractivity contribution in [3.05, 3.63) is 18.1 Å². The maximum absolute atomic E-state index is 5.63. The first-order valence-electron chi connectivity index (χ1n) is 6.23. The fourth-order valence-corrected chi connectivity index (χ4v) is 2.25. The summed E-state index contributed by atoms with van der Waals surface area (Å²) in [6.45, 7) is 1.68. The largest absolute Gasteiger partial charge is 0.481 e. The minimum atomic E-state index is 0.0324. The molecule has 6 heteroatoms. The van der Waals surface area contributed by atoms with Gasteiger partial charge in [0.25, 0.3) is 0 Å². The molecule has 1 unspecified atom stereocenters. The van der Waals surface area contributed by atoms with Gasteiger partial charge < -0.3 is 9.47 Å². The number of nitrogens with one attached hydrogen (secondary N) is 1. The fraction of sp³-hybridized carbons (Fsp3) is 0.667. The summed E-state index contributed by atoms with van der Waals surface area (Å²) in [7, 11) is 1.59. The van der Waals surface area contributed by atoms with Crippen LogP contribution < -0.4 is 16.0 Å². The summed E-state index contributed by atoms with van der Waals surface area (Å²) in [5.41, 5.74) is 3.70. The fourth-order valence-electron chi connectivity index (χ4n) is 2.25. The van der Waals surface area contributed by atoms with Gasteiger partial charge in [-0.3, -0.25) is 11.3 Å². The Kier molecular flexibility index (Phi) is 4.86. The second kappa shape index (κ2) is 6.63. The normalized spacial score (nSPS) is 18.6. The molecule has 0 bridgehead atoms. The van der Waals surface area contributed by atoms with Gasteiger partial charge >= 0.3 is 0 Å². The van der Waals surface area contributed by atoms with Crippen molar-refractivity contribution in [2.75, 3.05) is 20.3 Å². The Balaban J connectivity index is 2.02. The molecule has 2 heterocycles. The SMILES string of the molecule is COc1cc(C(CC2CCOCC2)NN)ncn1. The van der Waals surface area contributed by atoms with Gasteiger partial charge in [-0.05, 0) is 25.2 Å².